The van der Waals surface area contributed by atoms with Crippen molar-refractivity contribution < 1.29 is 0 Å². The van der Waals surface area contributed by atoms with Gasteiger partial charge in [-0.25, -0.2) is 0 Å². The Morgan fingerprint density at radius 1 is 1.18 bits per heavy atom. The number of hydrogen-bond acceptors (Lipinski definition) is 1. The van der Waals surface area contributed by atoms with Gasteiger partial charge in [-0.05, 0) is 49.3 Å². The fourth-order valence-corrected chi connectivity index (χ4v) is 3.25. The Balaban J connectivity index is 2.26. The van der Waals surface area contributed by atoms with Gasteiger partial charge in [0, 0.05) is 6.04 Å². The van der Waals surface area contributed by atoms with E-state index in [1.165, 1.54) is 31.2 Å². The molecule has 2 N–H and O–H groups in total. The summed E-state index contributed by atoms with van der Waals surface area (Å²) >= 11 is 12.1. The van der Waals surface area contributed by atoms with Crippen molar-refractivity contribution >= 4 is 23.2 Å². The average Bonchev–Trinajstić information content (AvgIpc) is 2.32. The molecule has 17 heavy (non-hydrogen) atoms. The van der Waals surface area contributed by atoms with Crippen molar-refractivity contribution in [3.63, 3.8) is 0 Å². The number of hydrogen-bond donors (Lipinski definition) is 1. The van der Waals surface area contributed by atoms with Gasteiger partial charge in [-0.3, -0.25) is 0 Å². The highest BCUT2D eigenvalue weighted by Crippen LogP contribution is 2.40. The van der Waals surface area contributed by atoms with E-state index in [0.717, 1.165) is 0 Å². The number of rotatable bonds is 2. The average molecular weight is 272 g/mol. The molecule has 94 valence electrons. The molecule has 1 saturated carbocycles. The van der Waals surface area contributed by atoms with Crippen LogP contribution in [0, 0.1) is 5.92 Å². The van der Waals surface area contributed by atoms with E-state index < -0.39 is 0 Å². The zero-order chi connectivity index (χ0) is 12.4. The normalized spacial score (nSPS) is 26.8. The predicted molar refractivity (Wildman–Crippen MR) is 74.8 cm³/mol. The quantitative estimate of drug-likeness (QED) is 0.835. The molecule has 1 aromatic rings. The van der Waals surface area contributed by atoms with Crippen LogP contribution >= 0.6 is 23.2 Å². The van der Waals surface area contributed by atoms with Crippen molar-refractivity contribution in [1.29, 1.82) is 0 Å². The van der Waals surface area contributed by atoms with E-state index in [-0.39, 0.29) is 6.04 Å². The predicted octanol–water partition coefficient (Wildman–Crippen LogP) is 4.61. The van der Waals surface area contributed by atoms with Gasteiger partial charge in [-0.2, -0.15) is 0 Å². The highest BCUT2D eigenvalue weighted by Gasteiger charge is 2.29. The lowest BCUT2D eigenvalue weighted by Gasteiger charge is -2.34. The minimum absolute atomic E-state index is 0.245. The maximum absolute atomic E-state index is 6.10. The van der Waals surface area contributed by atoms with Crippen LogP contribution in [0.3, 0.4) is 0 Å². The Labute approximate surface area is 113 Å². The minimum atomic E-state index is 0.245. The molecule has 1 aliphatic carbocycles. The Bertz CT molecular complexity index is 390. The SMILES string of the molecule is CC(N)C1CCCCC1c1ccc(Cl)c(Cl)c1. The summed E-state index contributed by atoms with van der Waals surface area (Å²) in [7, 11) is 0. The molecule has 1 aromatic carbocycles. The van der Waals surface area contributed by atoms with Gasteiger partial charge in [0.1, 0.15) is 0 Å². The van der Waals surface area contributed by atoms with Gasteiger partial charge < -0.3 is 5.73 Å². The fourth-order valence-electron chi connectivity index (χ4n) is 2.95. The van der Waals surface area contributed by atoms with Gasteiger partial charge in [0.2, 0.25) is 0 Å². The molecular formula is C14H19Cl2N. The molecule has 0 aliphatic heterocycles. The Hall–Kier alpha value is -0.240. The first-order chi connectivity index (χ1) is 8.09. The van der Waals surface area contributed by atoms with Gasteiger partial charge in [-0.15, -0.1) is 0 Å². The molecule has 0 saturated heterocycles. The Kier molecular flexibility index (Phi) is 4.35. The van der Waals surface area contributed by atoms with Gasteiger partial charge in [0.25, 0.3) is 0 Å². The summed E-state index contributed by atoms with van der Waals surface area (Å²) in [6.07, 6.45) is 5.02. The van der Waals surface area contributed by atoms with Crippen LogP contribution in [0.2, 0.25) is 10.0 Å². The van der Waals surface area contributed by atoms with Crippen molar-refractivity contribution in [3.05, 3.63) is 33.8 Å². The molecule has 0 spiro atoms. The molecular weight excluding hydrogens is 253 g/mol. The van der Waals surface area contributed by atoms with Gasteiger partial charge in [-0.1, -0.05) is 42.1 Å². The van der Waals surface area contributed by atoms with Crippen molar-refractivity contribution in [1.82, 2.24) is 0 Å². The topological polar surface area (TPSA) is 26.0 Å². The van der Waals surface area contributed by atoms with Crippen LogP contribution in [0.1, 0.15) is 44.1 Å². The molecule has 3 atom stereocenters. The second-order valence-electron chi connectivity index (χ2n) is 5.09. The van der Waals surface area contributed by atoms with Gasteiger partial charge in [0.05, 0.1) is 10.0 Å². The Morgan fingerprint density at radius 3 is 2.53 bits per heavy atom. The summed E-state index contributed by atoms with van der Waals surface area (Å²) in [5.74, 6) is 1.11. The summed E-state index contributed by atoms with van der Waals surface area (Å²) in [4.78, 5) is 0. The minimum Gasteiger partial charge on any atom is -0.328 e. The number of nitrogens with two attached hydrogens (primary N) is 1. The third-order valence-corrected chi connectivity index (χ3v) is 4.61. The van der Waals surface area contributed by atoms with E-state index in [2.05, 4.69) is 13.0 Å². The highest BCUT2D eigenvalue weighted by molar-refractivity contribution is 6.42. The molecule has 3 heteroatoms. The van der Waals surface area contributed by atoms with Crippen LogP contribution in [0.25, 0.3) is 0 Å². The summed E-state index contributed by atoms with van der Waals surface area (Å²) < 4.78 is 0. The highest BCUT2D eigenvalue weighted by atomic mass is 35.5. The smallest absolute Gasteiger partial charge is 0.0595 e. The summed E-state index contributed by atoms with van der Waals surface area (Å²) in [6, 6.07) is 6.25. The van der Waals surface area contributed by atoms with Crippen LogP contribution in [0.5, 0.6) is 0 Å². The lowest BCUT2D eigenvalue weighted by molar-refractivity contribution is 0.271. The second kappa shape index (κ2) is 5.60. The van der Waals surface area contributed by atoms with Crippen LogP contribution < -0.4 is 5.73 Å². The molecule has 1 aliphatic rings. The van der Waals surface area contributed by atoms with Crippen LogP contribution in [0.15, 0.2) is 18.2 Å². The standard InChI is InChI=1S/C14H19Cl2N/c1-9(17)11-4-2-3-5-12(11)10-6-7-13(15)14(16)8-10/h6-9,11-12H,2-5,17H2,1H3. The number of benzene rings is 1. The van der Waals surface area contributed by atoms with Crippen molar-refractivity contribution in [2.24, 2.45) is 11.7 Å². The number of halogens is 2. The largest absolute Gasteiger partial charge is 0.328 e. The van der Waals surface area contributed by atoms with E-state index in [1.807, 2.05) is 12.1 Å². The first kappa shape index (κ1) is 13.2. The molecule has 0 heterocycles. The zero-order valence-corrected chi connectivity index (χ0v) is 11.6. The molecule has 1 fully saturated rings. The molecule has 0 amide bonds. The lowest BCUT2D eigenvalue weighted by Crippen LogP contribution is -2.33. The molecule has 1 nitrogen and oxygen atoms in total. The van der Waals surface area contributed by atoms with Crippen molar-refractivity contribution in [3.8, 4) is 0 Å². The van der Waals surface area contributed by atoms with E-state index in [1.54, 1.807) is 0 Å². The van der Waals surface area contributed by atoms with E-state index >= 15 is 0 Å². The van der Waals surface area contributed by atoms with E-state index in [9.17, 15) is 0 Å². The molecule has 0 bridgehead atoms. The van der Waals surface area contributed by atoms with Gasteiger partial charge >= 0.3 is 0 Å². The molecule has 3 unspecified atom stereocenters. The zero-order valence-electron chi connectivity index (χ0n) is 10.1. The van der Waals surface area contributed by atoms with Crippen molar-refractivity contribution in [2.75, 3.05) is 0 Å². The monoisotopic (exact) mass is 271 g/mol. The fraction of sp³-hybridized carbons (Fsp3) is 0.571. The molecule has 0 radical (unpaired) electrons. The molecule has 2 rings (SSSR count). The summed E-state index contributed by atoms with van der Waals surface area (Å²) in [6.45, 7) is 2.11. The third kappa shape index (κ3) is 2.96. The first-order valence-corrected chi connectivity index (χ1v) is 7.05. The first-order valence-electron chi connectivity index (χ1n) is 6.30. The molecule has 0 aromatic heterocycles. The maximum atomic E-state index is 6.10. The van der Waals surface area contributed by atoms with E-state index in [4.69, 9.17) is 28.9 Å². The van der Waals surface area contributed by atoms with Crippen LogP contribution in [-0.4, -0.2) is 6.04 Å². The summed E-state index contributed by atoms with van der Waals surface area (Å²) in [5, 5.41) is 1.28. The van der Waals surface area contributed by atoms with Crippen molar-refractivity contribution in [2.45, 2.75) is 44.6 Å². The van der Waals surface area contributed by atoms with Gasteiger partial charge in [0.15, 0.2) is 0 Å². The lowest BCUT2D eigenvalue weighted by atomic mass is 9.72. The summed E-state index contributed by atoms with van der Waals surface area (Å²) in [5.41, 5.74) is 7.40. The van der Waals surface area contributed by atoms with E-state index in [0.29, 0.717) is 21.9 Å². The second-order valence-corrected chi connectivity index (χ2v) is 5.90. The maximum Gasteiger partial charge on any atom is 0.0595 e. The van der Waals surface area contributed by atoms with Crippen LogP contribution in [-0.2, 0) is 0 Å². The Morgan fingerprint density at radius 2 is 1.88 bits per heavy atom. The third-order valence-electron chi connectivity index (χ3n) is 3.87. The van der Waals surface area contributed by atoms with Crippen LogP contribution in [0.4, 0.5) is 0 Å².